The van der Waals surface area contributed by atoms with Gasteiger partial charge in [-0.3, -0.25) is 9.78 Å². The van der Waals surface area contributed by atoms with Crippen molar-refractivity contribution < 1.29 is 14.3 Å². The number of aromatic nitrogens is 1. The smallest absolute Gasteiger partial charge is 0.296 e. The SMILES string of the molecule is COC(Oc1cccnc1)C(=O)N(C)c1ccccc1. The fraction of sp³-hybridized carbons (Fsp3) is 0.200. The number of carbonyl (C=O) groups is 1. The summed E-state index contributed by atoms with van der Waals surface area (Å²) < 4.78 is 10.6. The number of carbonyl (C=O) groups excluding carboxylic acids is 1. The summed E-state index contributed by atoms with van der Waals surface area (Å²) in [6.07, 6.45) is 2.15. The number of amides is 1. The largest absolute Gasteiger partial charge is 0.454 e. The van der Waals surface area contributed by atoms with Crippen LogP contribution in [-0.4, -0.2) is 31.3 Å². The van der Waals surface area contributed by atoms with Crippen LogP contribution in [0.5, 0.6) is 5.75 Å². The van der Waals surface area contributed by atoms with Crippen LogP contribution in [0.25, 0.3) is 0 Å². The first kappa shape index (κ1) is 14.0. The second-order valence-corrected chi connectivity index (χ2v) is 4.11. The van der Waals surface area contributed by atoms with Crippen molar-refractivity contribution in [2.24, 2.45) is 0 Å². The molecule has 0 aliphatic heterocycles. The molecule has 1 heterocycles. The van der Waals surface area contributed by atoms with Gasteiger partial charge in [0.05, 0.1) is 6.20 Å². The highest BCUT2D eigenvalue weighted by Crippen LogP contribution is 2.15. The Kier molecular flexibility index (Phi) is 4.68. The summed E-state index contributed by atoms with van der Waals surface area (Å²) in [6.45, 7) is 0. The summed E-state index contributed by atoms with van der Waals surface area (Å²) in [7, 11) is 3.11. The molecule has 1 aromatic carbocycles. The molecule has 1 unspecified atom stereocenters. The van der Waals surface area contributed by atoms with E-state index < -0.39 is 6.29 Å². The average Bonchev–Trinajstić information content (AvgIpc) is 2.53. The molecule has 0 spiro atoms. The van der Waals surface area contributed by atoms with E-state index in [4.69, 9.17) is 9.47 Å². The van der Waals surface area contributed by atoms with Gasteiger partial charge in [-0.2, -0.15) is 0 Å². The second kappa shape index (κ2) is 6.68. The van der Waals surface area contributed by atoms with Crippen molar-refractivity contribution in [2.45, 2.75) is 6.29 Å². The van der Waals surface area contributed by atoms with Gasteiger partial charge in [-0.15, -0.1) is 0 Å². The van der Waals surface area contributed by atoms with Crippen LogP contribution in [0.15, 0.2) is 54.9 Å². The number of benzene rings is 1. The average molecular weight is 272 g/mol. The lowest BCUT2D eigenvalue weighted by Gasteiger charge is -2.23. The number of para-hydroxylation sites is 1. The van der Waals surface area contributed by atoms with Gasteiger partial charge < -0.3 is 14.4 Å². The molecule has 0 saturated heterocycles. The van der Waals surface area contributed by atoms with E-state index in [1.165, 1.54) is 18.2 Å². The van der Waals surface area contributed by atoms with E-state index in [1.807, 2.05) is 30.3 Å². The van der Waals surface area contributed by atoms with Crippen molar-refractivity contribution in [2.75, 3.05) is 19.1 Å². The minimum atomic E-state index is -1.01. The highest BCUT2D eigenvalue weighted by atomic mass is 16.7. The maximum Gasteiger partial charge on any atom is 0.296 e. The van der Waals surface area contributed by atoms with Crippen LogP contribution in [0.2, 0.25) is 0 Å². The van der Waals surface area contributed by atoms with Gasteiger partial charge in [0.1, 0.15) is 5.75 Å². The maximum absolute atomic E-state index is 12.3. The van der Waals surface area contributed by atoms with E-state index in [1.54, 1.807) is 25.4 Å². The van der Waals surface area contributed by atoms with Crippen molar-refractivity contribution in [3.63, 3.8) is 0 Å². The van der Waals surface area contributed by atoms with E-state index in [0.29, 0.717) is 5.75 Å². The van der Waals surface area contributed by atoms with Crippen LogP contribution < -0.4 is 9.64 Å². The molecule has 0 aliphatic carbocycles. The Labute approximate surface area is 117 Å². The van der Waals surface area contributed by atoms with Gasteiger partial charge in [0.2, 0.25) is 0 Å². The number of hydrogen-bond donors (Lipinski definition) is 0. The third kappa shape index (κ3) is 3.33. The van der Waals surface area contributed by atoms with E-state index in [2.05, 4.69) is 4.98 Å². The number of nitrogens with zero attached hydrogens (tertiary/aromatic N) is 2. The summed E-state index contributed by atoms with van der Waals surface area (Å²) in [5, 5.41) is 0. The molecule has 5 nitrogen and oxygen atoms in total. The Hall–Kier alpha value is -2.40. The van der Waals surface area contributed by atoms with E-state index in [-0.39, 0.29) is 5.91 Å². The van der Waals surface area contributed by atoms with Gasteiger partial charge in [-0.1, -0.05) is 18.2 Å². The van der Waals surface area contributed by atoms with Gasteiger partial charge in [-0.25, -0.2) is 0 Å². The van der Waals surface area contributed by atoms with Gasteiger partial charge in [0.25, 0.3) is 12.2 Å². The summed E-state index contributed by atoms with van der Waals surface area (Å²) >= 11 is 0. The van der Waals surface area contributed by atoms with Crippen LogP contribution in [0.4, 0.5) is 5.69 Å². The Bertz CT molecular complexity index is 546. The van der Waals surface area contributed by atoms with Gasteiger partial charge >= 0.3 is 0 Å². The van der Waals surface area contributed by atoms with E-state index >= 15 is 0 Å². The van der Waals surface area contributed by atoms with Crippen molar-refractivity contribution in [3.05, 3.63) is 54.9 Å². The van der Waals surface area contributed by atoms with Crippen LogP contribution in [0.1, 0.15) is 0 Å². The summed E-state index contributed by atoms with van der Waals surface area (Å²) in [4.78, 5) is 17.8. The number of pyridine rings is 1. The molecule has 2 aromatic rings. The van der Waals surface area contributed by atoms with Gasteiger partial charge in [0.15, 0.2) is 0 Å². The normalized spacial score (nSPS) is 11.7. The van der Waals surface area contributed by atoms with Crippen LogP contribution in [0.3, 0.4) is 0 Å². The number of methoxy groups -OCH3 is 1. The molecule has 0 saturated carbocycles. The Morgan fingerprint density at radius 2 is 1.95 bits per heavy atom. The summed E-state index contributed by atoms with van der Waals surface area (Å²) in [5.74, 6) is 0.191. The Morgan fingerprint density at radius 1 is 1.20 bits per heavy atom. The maximum atomic E-state index is 12.3. The van der Waals surface area contributed by atoms with Crippen LogP contribution in [0, 0.1) is 0 Å². The lowest BCUT2D eigenvalue weighted by atomic mass is 10.3. The quantitative estimate of drug-likeness (QED) is 0.782. The van der Waals surface area contributed by atoms with Gasteiger partial charge in [0, 0.05) is 26.0 Å². The lowest BCUT2D eigenvalue weighted by Crippen LogP contribution is -2.41. The van der Waals surface area contributed by atoms with Crippen LogP contribution >= 0.6 is 0 Å². The molecule has 5 heteroatoms. The van der Waals surface area contributed by atoms with Crippen molar-refractivity contribution in [3.8, 4) is 5.75 Å². The molecule has 0 fully saturated rings. The zero-order valence-corrected chi connectivity index (χ0v) is 11.4. The zero-order chi connectivity index (χ0) is 14.4. The second-order valence-electron chi connectivity index (χ2n) is 4.11. The molecule has 0 radical (unpaired) electrons. The number of anilines is 1. The third-order valence-corrected chi connectivity index (χ3v) is 2.77. The first-order chi connectivity index (χ1) is 9.72. The molecular formula is C15H16N2O3. The lowest BCUT2D eigenvalue weighted by molar-refractivity contribution is -0.144. The molecule has 0 bridgehead atoms. The van der Waals surface area contributed by atoms with Crippen molar-refractivity contribution >= 4 is 11.6 Å². The number of likely N-dealkylation sites (N-methyl/N-ethyl adjacent to an activating group) is 1. The Balaban J connectivity index is 2.09. The van der Waals surface area contributed by atoms with Crippen molar-refractivity contribution in [1.29, 1.82) is 0 Å². The predicted octanol–water partition coefficient (Wildman–Crippen LogP) is 2.10. The number of rotatable bonds is 5. The molecule has 1 aromatic heterocycles. The van der Waals surface area contributed by atoms with E-state index in [9.17, 15) is 4.79 Å². The molecule has 1 amide bonds. The summed E-state index contributed by atoms with van der Waals surface area (Å²) in [6, 6.07) is 12.7. The Morgan fingerprint density at radius 3 is 2.55 bits per heavy atom. The minimum absolute atomic E-state index is 0.289. The zero-order valence-electron chi connectivity index (χ0n) is 11.4. The number of hydrogen-bond acceptors (Lipinski definition) is 4. The molecule has 2 rings (SSSR count). The number of ether oxygens (including phenoxy) is 2. The monoisotopic (exact) mass is 272 g/mol. The molecular weight excluding hydrogens is 256 g/mol. The van der Waals surface area contributed by atoms with E-state index in [0.717, 1.165) is 5.69 Å². The molecule has 1 atom stereocenters. The molecule has 0 N–H and O–H groups in total. The molecule has 0 aliphatic rings. The first-order valence-corrected chi connectivity index (χ1v) is 6.14. The fourth-order valence-corrected chi connectivity index (χ4v) is 1.68. The summed E-state index contributed by atoms with van der Waals surface area (Å²) in [5.41, 5.74) is 0.773. The van der Waals surface area contributed by atoms with Crippen molar-refractivity contribution in [1.82, 2.24) is 4.98 Å². The first-order valence-electron chi connectivity index (χ1n) is 6.14. The topological polar surface area (TPSA) is 51.7 Å². The third-order valence-electron chi connectivity index (χ3n) is 2.77. The highest BCUT2D eigenvalue weighted by Gasteiger charge is 2.24. The molecule has 104 valence electrons. The fourth-order valence-electron chi connectivity index (χ4n) is 1.68. The predicted molar refractivity (Wildman–Crippen MR) is 75.5 cm³/mol. The highest BCUT2D eigenvalue weighted by molar-refractivity contribution is 5.95. The standard InChI is InChI=1S/C15H16N2O3/c1-17(12-7-4-3-5-8-12)14(18)15(19-2)20-13-9-6-10-16-11-13/h3-11,15H,1-2H3. The minimum Gasteiger partial charge on any atom is -0.454 e. The van der Waals surface area contributed by atoms with Crippen LogP contribution in [-0.2, 0) is 9.53 Å². The van der Waals surface area contributed by atoms with Gasteiger partial charge in [-0.05, 0) is 24.3 Å². The molecule has 20 heavy (non-hydrogen) atoms.